The maximum Gasteiger partial charge on any atom is 0.222 e. The lowest BCUT2D eigenvalue weighted by atomic mass is 10.3. The van der Waals surface area contributed by atoms with Gasteiger partial charge in [-0.05, 0) is 40.2 Å². The van der Waals surface area contributed by atoms with Crippen LogP contribution in [0.25, 0.3) is 11.0 Å². The fraction of sp³-hybridized carbons (Fsp3) is 0.100. The summed E-state index contributed by atoms with van der Waals surface area (Å²) in [5.41, 5.74) is 0.607. The molecule has 0 unspecified atom stereocenters. The number of carbonyl (C=O) groups is 1. The number of anilines is 1. The van der Waals surface area contributed by atoms with Crippen molar-refractivity contribution in [3.8, 4) is 0 Å². The molecule has 15 heavy (non-hydrogen) atoms. The molecule has 0 radical (unpaired) electrons. The minimum Gasteiger partial charge on any atom is -0.311 e. The van der Waals surface area contributed by atoms with Crippen LogP contribution in [0.15, 0.2) is 28.9 Å². The molecule has 0 bridgehead atoms. The van der Waals surface area contributed by atoms with E-state index < -0.39 is 0 Å². The Balaban J connectivity index is 2.49. The number of carbonyl (C=O) groups excluding carboxylic acids is 1. The van der Waals surface area contributed by atoms with Crippen molar-refractivity contribution in [3.05, 3.63) is 28.9 Å². The molecule has 2 aromatic heterocycles. The Morgan fingerprint density at radius 1 is 1.27 bits per heavy atom. The first-order valence-corrected chi connectivity index (χ1v) is 5.15. The molecule has 0 fully saturated rings. The van der Waals surface area contributed by atoms with Crippen LogP contribution in [0.3, 0.4) is 0 Å². The van der Waals surface area contributed by atoms with Gasteiger partial charge in [0.05, 0.1) is 0 Å². The normalized spacial score (nSPS) is 10.3. The Kier molecular flexibility index (Phi) is 2.64. The van der Waals surface area contributed by atoms with Crippen LogP contribution >= 0.6 is 15.9 Å². The van der Waals surface area contributed by atoms with Gasteiger partial charge in [-0.2, -0.15) is 0 Å². The van der Waals surface area contributed by atoms with Crippen LogP contribution in [0.4, 0.5) is 5.82 Å². The van der Waals surface area contributed by atoms with E-state index >= 15 is 0 Å². The fourth-order valence-corrected chi connectivity index (χ4v) is 1.53. The largest absolute Gasteiger partial charge is 0.311 e. The van der Waals surface area contributed by atoms with Crippen molar-refractivity contribution in [1.82, 2.24) is 9.97 Å². The zero-order chi connectivity index (χ0) is 10.8. The number of hydrogen-bond donors (Lipinski definition) is 1. The number of nitrogens with one attached hydrogen (secondary N) is 1. The van der Waals surface area contributed by atoms with E-state index in [4.69, 9.17) is 0 Å². The molecule has 5 heteroatoms. The molecule has 0 saturated carbocycles. The van der Waals surface area contributed by atoms with Gasteiger partial charge >= 0.3 is 0 Å². The van der Waals surface area contributed by atoms with E-state index in [1.54, 1.807) is 6.07 Å². The minimum absolute atomic E-state index is 0.142. The van der Waals surface area contributed by atoms with Crippen LogP contribution in [0, 0.1) is 0 Å². The maximum atomic E-state index is 10.8. The average molecular weight is 266 g/mol. The molecule has 2 heterocycles. The fourth-order valence-electron chi connectivity index (χ4n) is 1.23. The standard InChI is InChI=1S/C10H8BrN3O/c1-6(15)12-9-5-3-7-2-4-8(11)13-10(7)14-9/h2-5H,1H3,(H,12,13,14,15). The van der Waals surface area contributed by atoms with Crippen LogP contribution in [0.2, 0.25) is 0 Å². The first-order chi connectivity index (χ1) is 7.15. The second-order valence-corrected chi connectivity index (χ2v) is 3.87. The molecule has 0 aliphatic rings. The van der Waals surface area contributed by atoms with Crippen molar-refractivity contribution >= 4 is 38.7 Å². The number of pyridine rings is 2. The summed E-state index contributed by atoms with van der Waals surface area (Å²) < 4.78 is 0.725. The van der Waals surface area contributed by atoms with Gasteiger partial charge in [-0.1, -0.05) is 0 Å². The minimum atomic E-state index is -0.142. The summed E-state index contributed by atoms with van der Waals surface area (Å²) in [4.78, 5) is 19.2. The van der Waals surface area contributed by atoms with Gasteiger partial charge in [0.25, 0.3) is 0 Å². The van der Waals surface area contributed by atoms with Crippen LogP contribution in [0.5, 0.6) is 0 Å². The third-order valence-electron chi connectivity index (χ3n) is 1.82. The topological polar surface area (TPSA) is 54.9 Å². The summed E-state index contributed by atoms with van der Waals surface area (Å²) in [6.07, 6.45) is 0. The number of aromatic nitrogens is 2. The van der Waals surface area contributed by atoms with E-state index in [1.807, 2.05) is 18.2 Å². The van der Waals surface area contributed by atoms with Crippen LogP contribution < -0.4 is 5.32 Å². The van der Waals surface area contributed by atoms with E-state index in [0.717, 1.165) is 9.99 Å². The number of hydrogen-bond acceptors (Lipinski definition) is 3. The third-order valence-corrected chi connectivity index (χ3v) is 2.26. The molecule has 0 aromatic carbocycles. The van der Waals surface area contributed by atoms with Crippen molar-refractivity contribution in [2.75, 3.05) is 5.32 Å². The smallest absolute Gasteiger partial charge is 0.222 e. The highest BCUT2D eigenvalue weighted by Gasteiger charge is 2.01. The zero-order valence-corrected chi connectivity index (χ0v) is 9.58. The van der Waals surface area contributed by atoms with Gasteiger partial charge in [0.1, 0.15) is 10.4 Å². The van der Waals surface area contributed by atoms with E-state index in [-0.39, 0.29) is 5.91 Å². The van der Waals surface area contributed by atoms with Gasteiger partial charge < -0.3 is 5.32 Å². The summed E-state index contributed by atoms with van der Waals surface area (Å²) in [7, 11) is 0. The first kappa shape index (κ1) is 10.0. The molecule has 1 N–H and O–H groups in total. The zero-order valence-electron chi connectivity index (χ0n) is 7.99. The molecule has 0 saturated heterocycles. The van der Waals surface area contributed by atoms with Crippen molar-refractivity contribution in [2.24, 2.45) is 0 Å². The van der Waals surface area contributed by atoms with E-state index in [2.05, 4.69) is 31.2 Å². The van der Waals surface area contributed by atoms with Crippen molar-refractivity contribution in [3.63, 3.8) is 0 Å². The Morgan fingerprint density at radius 3 is 2.73 bits per heavy atom. The van der Waals surface area contributed by atoms with Gasteiger partial charge in [-0.25, -0.2) is 9.97 Å². The predicted octanol–water partition coefficient (Wildman–Crippen LogP) is 2.35. The molecule has 76 valence electrons. The molecular weight excluding hydrogens is 258 g/mol. The number of rotatable bonds is 1. The molecule has 0 atom stereocenters. The quantitative estimate of drug-likeness (QED) is 0.806. The average Bonchev–Trinajstić information content (AvgIpc) is 2.16. The highest BCUT2D eigenvalue weighted by atomic mass is 79.9. The van der Waals surface area contributed by atoms with Gasteiger partial charge in [0.2, 0.25) is 5.91 Å². The number of halogens is 1. The van der Waals surface area contributed by atoms with Crippen LogP contribution in [-0.4, -0.2) is 15.9 Å². The lowest BCUT2D eigenvalue weighted by Crippen LogP contribution is -2.07. The highest BCUT2D eigenvalue weighted by molar-refractivity contribution is 9.10. The first-order valence-electron chi connectivity index (χ1n) is 4.36. The van der Waals surface area contributed by atoms with Crippen LogP contribution in [-0.2, 0) is 4.79 Å². The molecule has 1 amide bonds. The van der Waals surface area contributed by atoms with Crippen LogP contribution in [0.1, 0.15) is 6.92 Å². The third kappa shape index (κ3) is 2.30. The van der Waals surface area contributed by atoms with Gasteiger partial charge in [0.15, 0.2) is 5.65 Å². The van der Waals surface area contributed by atoms with E-state index in [1.165, 1.54) is 6.92 Å². The maximum absolute atomic E-state index is 10.8. The number of nitrogens with zero attached hydrogens (tertiary/aromatic N) is 2. The van der Waals surface area contributed by atoms with Crippen molar-refractivity contribution < 1.29 is 4.79 Å². The van der Waals surface area contributed by atoms with Gasteiger partial charge in [-0.3, -0.25) is 4.79 Å². The highest BCUT2D eigenvalue weighted by Crippen LogP contribution is 2.16. The molecular formula is C10H8BrN3O. The molecule has 4 nitrogen and oxygen atoms in total. The van der Waals surface area contributed by atoms with Crippen molar-refractivity contribution in [1.29, 1.82) is 0 Å². The molecule has 0 spiro atoms. The summed E-state index contributed by atoms with van der Waals surface area (Å²) >= 11 is 3.27. The lowest BCUT2D eigenvalue weighted by molar-refractivity contribution is -0.114. The summed E-state index contributed by atoms with van der Waals surface area (Å²) in [6.45, 7) is 1.44. The van der Waals surface area contributed by atoms with E-state index in [9.17, 15) is 4.79 Å². The predicted molar refractivity (Wildman–Crippen MR) is 61.5 cm³/mol. The monoisotopic (exact) mass is 265 g/mol. The van der Waals surface area contributed by atoms with E-state index in [0.29, 0.717) is 11.5 Å². The second kappa shape index (κ2) is 3.94. The SMILES string of the molecule is CC(=O)Nc1ccc2ccc(Br)nc2n1. The van der Waals surface area contributed by atoms with Crippen molar-refractivity contribution in [2.45, 2.75) is 6.92 Å². The van der Waals surface area contributed by atoms with Gasteiger partial charge in [0, 0.05) is 12.3 Å². The number of amides is 1. The molecule has 0 aliphatic heterocycles. The molecule has 2 rings (SSSR count). The summed E-state index contributed by atoms with van der Waals surface area (Å²) in [5.74, 6) is 0.373. The lowest BCUT2D eigenvalue weighted by Gasteiger charge is -2.02. The Labute approximate surface area is 94.9 Å². The molecule has 2 aromatic rings. The Morgan fingerprint density at radius 2 is 2.00 bits per heavy atom. The summed E-state index contributed by atoms with van der Waals surface area (Å²) in [6, 6.07) is 7.38. The molecule has 0 aliphatic carbocycles. The second-order valence-electron chi connectivity index (χ2n) is 3.06. The summed E-state index contributed by atoms with van der Waals surface area (Å²) in [5, 5.41) is 3.55. The Hall–Kier alpha value is -1.49. The number of fused-ring (bicyclic) bond motifs is 1. The Bertz CT molecular complexity index is 527. The van der Waals surface area contributed by atoms with Gasteiger partial charge in [-0.15, -0.1) is 0 Å².